The third kappa shape index (κ3) is 5.33. The fourth-order valence-corrected chi connectivity index (χ4v) is 4.31. The molecule has 208 valence electrons. The predicted molar refractivity (Wildman–Crippen MR) is 146 cm³/mol. The van der Waals surface area contributed by atoms with Crippen molar-refractivity contribution in [2.24, 2.45) is 0 Å². The number of carbonyl (C=O) groups excluding carboxylic acids is 1. The first-order chi connectivity index (χ1) is 19.7. The SMILES string of the molecule is COc1cc2nccc(Oc3ccc(CC(=O)c4nc(C)c(C)n(-c5ccc(F)cc5)c4=O)cc3F)c2nc1OC. The summed E-state index contributed by atoms with van der Waals surface area (Å²) in [6, 6.07) is 12.6. The van der Waals surface area contributed by atoms with Crippen LogP contribution in [0, 0.1) is 25.5 Å². The number of ketones is 1. The number of rotatable bonds is 8. The van der Waals surface area contributed by atoms with E-state index in [0.29, 0.717) is 39.4 Å². The molecule has 2 aromatic carbocycles. The Kier molecular flexibility index (Phi) is 7.43. The van der Waals surface area contributed by atoms with Crippen LogP contribution < -0.4 is 19.8 Å². The number of hydrogen-bond acceptors (Lipinski definition) is 8. The second-order valence-electron chi connectivity index (χ2n) is 9.09. The van der Waals surface area contributed by atoms with Crippen molar-refractivity contribution >= 4 is 16.8 Å². The molecule has 41 heavy (non-hydrogen) atoms. The summed E-state index contributed by atoms with van der Waals surface area (Å²) in [6.07, 6.45) is 1.22. The van der Waals surface area contributed by atoms with E-state index in [2.05, 4.69) is 15.0 Å². The Hall–Kier alpha value is -5.19. The van der Waals surface area contributed by atoms with Crippen LogP contribution in [0.15, 0.2) is 65.6 Å². The first kappa shape index (κ1) is 27.4. The zero-order valence-corrected chi connectivity index (χ0v) is 22.6. The molecule has 3 heterocycles. The smallest absolute Gasteiger partial charge is 0.284 e. The van der Waals surface area contributed by atoms with E-state index < -0.39 is 23.0 Å². The van der Waals surface area contributed by atoms with Gasteiger partial charge >= 0.3 is 0 Å². The quantitative estimate of drug-likeness (QED) is 0.236. The van der Waals surface area contributed by atoms with Crippen molar-refractivity contribution in [2.45, 2.75) is 20.3 Å². The van der Waals surface area contributed by atoms with Crippen molar-refractivity contribution in [3.63, 3.8) is 0 Å². The highest BCUT2D eigenvalue weighted by Crippen LogP contribution is 2.34. The maximum absolute atomic E-state index is 15.1. The molecule has 0 aliphatic rings. The molecule has 0 aliphatic heterocycles. The molecule has 9 nitrogen and oxygen atoms in total. The molecule has 0 atom stereocenters. The Morgan fingerprint density at radius 2 is 1.66 bits per heavy atom. The van der Waals surface area contributed by atoms with Crippen LogP contribution >= 0.6 is 0 Å². The zero-order chi connectivity index (χ0) is 29.3. The van der Waals surface area contributed by atoms with Crippen molar-refractivity contribution in [2.75, 3.05) is 14.2 Å². The number of nitrogens with zero attached hydrogens (tertiary/aromatic N) is 4. The summed E-state index contributed by atoms with van der Waals surface area (Å²) in [5, 5.41) is 0. The maximum atomic E-state index is 15.1. The number of aromatic nitrogens is 4. The van der Waals surface area contributed by atoms with Gasteiger partial charge in [0.15, 0.2) is 34.5 Å². The average molecular weight is 559 g/mol. The van der Waals surface area contributed by atoms with Gasteiger partial charge in [-0.25, -0.2) is 18.7 Å². The lowest BCUT2D eigenvalue weighted by Crippen LogP contribution is -2.30. The van der Waals surface area contributed by atoms with Crippen LogP contribution in [0.25, 0.3) is 16.7 Å². The highest BCUT2D eigenvalue weighted by molar-refractivity contribution is 5.95. The topological polar surface area (TPSA) is 105 Å². The molecule has 0 saturated carbocycles. The zero-order valence-electron chi connectivity index (χ0n) is 22.6. The summed E-state index contributed by atoms with van der Waals surface area (Å²) in [4.78, 5) is 39.2. The second kappa shape index (κ2) is 11.1. The van der Waals surface area contributed by atoms with E-state index in [1.54, 1.807) is 19.9 Å². The number of ether oxygens (including phenoxy) is 3. The molecule has 0 amide bonds. The highest BCUT2D eigenvalue weighted by atomic mass is 19.1. The monoisotopic (exact) mass is 558 g/mol. The Morgan fingerprint density at radius 3 is 2.34 bits per heavy atom. The summed E-state index contributed by atoms with van der Waals surface area (Å²) in [7, 11) is 2.92. The molecule has 0 aliphatic carbocycles. The molecule has 0 unspecified atom stereocenters. The van der Waals surface area contributed by atoms with Gasteiger partial charge in [-0.3, -0.25) is 19.1 Å². The van der Waals surface area contributed by atoms with E-state index >= 15 is 4.39 Å². The number of benzene rings is 2. The first-order valence-corrected chi connectivity index (χ1v) is 12.4. The Labute approximate surface area is 233 Å². The molecule has 0 fully saturated rings. The lowest BCUT2D eigenvalue weighted by atomic mass is 10.1. The normalized spacial score (nSPS) is 11.0. The summed E-state index contributed by atoms with van der Waals surface area (Å²) in [6.45, 7) is 3.35. The van der Waals surface area contributed by atoms with Gasteiger partial charge in [0, 0.05) is 36.1 Å². The van der Waals surface area contributed by atoms with E-state index in [1.807, 2.05) is 0 Å². The summed E-state index contributed by atoms with van der Waals surface area (Å²) >= 11 is 0. The Morgan fingerprint density at radius 1 is 0.902 bits per heavy atom. The number of fused-ring (bicyclic) bond motifs is 1. The van der Waals surface area contributed by atoms with Crippen LogP contribution in [0.5, 0.6) is 23.1 Å². The maximum Gasteiger partial charge on any atom is 0.284 e. The van der Waals surface area contributed by atoms with Crippen molar-refractivity contribution < 1.29 is 27.8 Å². The van der Waals surface area contributed by atoms with Crippen molar-refractivity contribution in [3.05, 3.63) is 105 Å². The van der Waals surface area contributed by atoms with Gasteiger partial charge in [-0.05, 0) is 55.8 Å². The number of pyridine rings is 2. The first-order valence-electron chi connectivity index (χ1n) is 12.4. The van der Waals surface area contributed by atoms with Gasteiger partial charge in [0.1, 0.15) is 11.3 Å². The molecule has 0 radical (unpaired) electrons. The summed E-state index contributed by atoms with van der Waals surface area (Å²) < 4.78 is 46.2. The number of hydrogen-bond donors (Lipinski definition) is 0. The van der Waals surface area contributed by atoms with Gasteiger partial charge in [-0.2, -0.15) is 0 Å². The molecular formula is C30H24F2N4O5. The van der Waals surface area contributed by atoms with Crippen molar-refractivity contribution in [1.82, 2.24) is 19.5 Å². The lowest BCUT2D eigenvalue weighted by molar-refractivity contribution is 0.0986. The lowest BCUT2D eigenvalue weighted by Gasteiger charge is -2.14. The second-order valence-corrected chi connectivity index (χ2v) is 9.09. The minimum atomic E-state index is -0.725. The molecule has 0 spiro atoms. The van der Waals surface area contributed by atoms with E-state index in [9.17, 15) is 14.0 Å². The molecule has 0 saturated heterocycles. The molecule has 5 rings (SSSR count). The highest BCUT2D eigenvalue weighted by Gasteiger charge is 2.20. The number of Topliss-reactive ketones (excluding diaryl/α,β-unsaturated/α-hetero) is 1. The largest absolute Gasteiger partial charge is 0.491 e. The third-order valence-corrected chi connectivity index (χ3v) is 6.49. The molecule has 5 aromatic rings. The van der Waals surface area contributed by atoms with Gasteiger partial charge in [0.05, 0.1) is 25.4 Å². The fraction of sp³-hybridized carbons (Fsp3) is 0.167. The number of carbonyl (C=O) groups is 1. The Bertz CT molecular complexity index is 1860. The van der Waals surface area contributed by atoms with Gasteiger partial charge in [0.2, 0.25) is 0 Å². The fourth-order valence-electron chi connectivity index (χ4n) is 4.31. The average Bonchev–Trinajstić information content (AvgIpc) is 2.96. The van der Waals surface area contributed by atoms with E-state index in [-0.39, 0.29) is 29.5 Å². The molecule has 3 aromatic heterocycles. The number of methoxy groups -OCH3 is 2. The predicted octanol–water partition coefficient (Wildman–Crippen LogP) is 5.31. The minimum Gasteiger partial charge on any atom is -0.491 e. The Balaban J connectivity index is 1.42. The molecular weight excluding hydrogens is 534 g/mol. The molecule has 0 N–H and O–H groups in total. The van der Waals surface area contributed by atoms with Crippen LogP contribution in [0.4, 0.5) is 8.78 Å². The van der Waals surface area contributed by atoms with E-state index in [4.69, 9.17) is 14.2 Å². The number of aryl methyl sites for hydroxylation is 1. The molecule has 11 heteroatoms. The van der Waals surface area contributed by atoms with Gasteiger partial charge in [-0.1, -0.05) is 6.07 Å². The third-order valence-electron chi connectivity index (χ3n) is 6.49. The van der Waals surface area contributed by atoms with Gasteiger partial charge in [-0.15, -0.1) is 0 Å². The van der Waals surface area contributed by atoms with Crippen molar-refractivity contribution in [1.29, 1.82) is 0 Å². The van der Waals surface area contributed by atoms with Crippen LogP contribution in [0.2, 0.25) is 0 Å². The number of halogens is 2. The summed E-state index contributed by atoms with van der Waals surface area (Å²) in [5.41, 5.74) is 1.54. The molecule has 0 bridgehead atoms. The van der Waals surface area contributed by atoms with Gasteiger partial charge < -0.3 is 14.2 Å². The van der Waals surface area contributed by atoms with Crippen LogP contribution in [-0.4, -0.2) is 39.5 Å². The van der Waals surface area contributed by atoms with E-state index in [1.165, 1.54) is 67.4 Å². The standard InChI is InChI=1S/C30H24F2N4O5/c1-16-17(2)36(20-8-6-19(31)7-9-20)30(38)28(34-16)23(37)14-18-5-10-24(21(32)13-18)41-25-11-12-33-22-15-26(39-3)29(40-4)35-27(22)25/h5-13,15H,14H2,1-4H3. The van der Waals surface area contributed by atoms with Crippen LogP contribution in [0.3, 0.4) is 0 Å². The van der Waals surface area contributed by atoms with E-state index in [0.717, 1.165) is 6.07 Å². The minimum absolute atomic E-state index is 0.103. The van der Waals surface area contributed by atoms with Gasteiger partial charge in [0.25, 0.3) is 11.4 Å². The van der Waals surface area contributed by atoms with Crippen LogP contribution in [0.1, 0.15) is 27.4 Å². The summed E-state index contributed by atoms with van der Waals surface area (Å²) in [5.74, 6) is -1.04. The van der Waals surface area contributed by atoms with Crippen LogP contribution in [-0.2, 0) is 6.42 Å². The van der Waals surface area contributed by atoms with Crippen molar-refractivity contribution in [3.8, 4) is 28.8 Å².